The highest BCUT2D eigenvalue weighted by Gasteiger charge is 2.22. The average molecular weight is 738 g/mol. The van der Waals surface area contributed by atoms with Crippen LogP contribution in [-0.4, -0.2) is 55.5 Å². The lowest BCUT2D eigenvalue weighted by Crippen LogP contribution is -2.44. The smallest absolute Gasteiger partial charge is 0.324 e. The summed E-state index contributed by atoms with van der Waals surface area (Å²) in [5, 5.41) is 2.97. The fourth-order valence-electron chi connectivity index (χ4n) is 6.57. The zero-order chi connectivity index (χ0) is 39.0. The van der Waals surface area contributed by atoms with Crippen LogP contribution in [0.5, 0.6) is 0 Å². The molecule has 0 fully saturated rings. The molecule has 0 saturated heterocycles. The molecule has 0 aromatic rings. The van der Waals surface area contributed by atoms with E-state index in [2.05, 4.69) is 72.7 Å². The van der Waals surface area contributed by atoms with E-state index in [4.69, 9.17) is 0 Å². The first kappa shape index (κ1) is 50.6. The molecule has 0 aromatic carbocycles. The molecule has 3 amide bonds. The van der Waals surface area contributed by atoms with Crippen molar-refractivity contribution in [1.82, 2.24) is 15.1 Å². The Labute approximate surface area is 330 Å². The summed E-state index contributed by atoms with van der Waals surface area (Å²) in [7, 11) is 4.06. The monoisotopic (exact) mass is 738 g/mol. The fraction of sp³-hybridized carbons (Fsp3) is 0.750. The van der Waals surface area contributed by atoms with Crippen molar-refractivity contribution in [2.45, 2.75) is 201 Å². The van der Waals surface area contributed by atoms with Gasteiger partial charge in [0.05, 0.1) is 0 Å². The first-order valence-corrected chi connectivity index (χ1v) is 22.4. The Balaban J connectivity index is 4.71. The highest BCUT2D eigenvalue weighted by Crippen LogP contribution is 2.23. The first-order valence-electron chi connectivity index (χ1n) is 22.4. The number of likely N-dealkylation sites (N-methyl/N-ethyl adjacent to an activating group) is 1. The number of hydrogen-bond acceptors (Lipinski definition) is 3. The molecule has 0 aromatic heterocycles. The lowest BCUT2D eigenvalue weighted by molar-refractivity contribution is -0.124. The molecular formula is C48H87N3O2. The molecule has 0 aliphatic carbocycles. The minimum Gasteiger partial charge on any atom is -0.338 e. The highest BCUT2D eigenvalue weighted by atomic mass is 16.2. The third-order valence-electron chi connectivity index (χ3n) is 10.1. The number of carbonyl (C=O) groups is 2. The molecule has 0 aliphatic rings. The third-order valence-corrected chi connectivity index (χ3v) is 10.1. The number of urea groups is 1. The Morgan fingerprint density at radius 2 is 0.906 bits per heavy atom. The van der Waals surface area contributed by atoms with Crippen molar-refractivity contribution in [2.75, 3.05) is 33.7 Å². The predicted molar refractivity (Wildman–Crippen MR) is 235 cm³/mol. The van der Waals surface area contributed by atoms with Gasteiger partial charge in [0.15, 0.2) is 0 Å². The van der Waals surface area contributed by atoms with Gasteiger partial charge >= 0.3 is 6.03 Å². The van der Waals surface area contributed by atoms with Gasteiger partial charge in [-0.2, -0.15) is 0 Å². The minimum atomic E-state index is -0.266. The molecule has 1 N–H and O–H groups in total. The molecule has 0 radical (unpaired) electrons. The lowest BCUT2D eigenvalue weighted by Gasteiger charge is -2.22. The first-order chi connectivity index (χ1) is 25.9. The fourth-order valence-corrected chi connectivity index (χ4v) is 6.57. The summed E-state index contributed by atoms with van der Waals surface area (Å²) in [6.07, 6.45) is 51.1. The van der Waals surface area contributed by atoms with E-state index < -0.39 is 0 Å². The van der Waals surface area contributed by atoms with Gasteiger partial charge in [-0.3, -0.25) is 9.69 Å². The quantitative estimate of drug-likeness (QED) is 0.0396. The molecule has 53 heavy (non-hydrogen) atoms. The summed E-state index contributed by atoms with van der Waals surface area (Å²) in [6, 6.07) is -0.266. The topological polar surface area (TPSA) is 52.7 Å². The van der Waals surface area contributed by atoms with Crippen LogP contribution in [0, 0.1) is 0 Å². The number of nitrogens with zero attached hydrogens (tertiary/aromatic N) is 2. The Morgan fingerprint density at radius 1 is 0.509 bits per heavy atom. The molecule has 5 heteroatoms. The van der Waals surface area contributed by atoms with Gasteiger partial charge in [0.2, 0.25) is 0 Å². The van der Waals surface area contributed by atoms with E-state index in [1.807, 2.05) is 27.9 Å². The number of imide groups is 1. The van der Waals surface area contributed by atoms with E-state index in [1.54, 1.807) is 0 Å². The van der Waals surface area contributed by atoms with E-state index in [0.717, 1.165) is 57.1 Å². The highest BCUT2D eigenvalue weighted by molar-refractivity contribution is 6.03. The van der Waals surface area contributed by atoms with Crippen molar-refractivity contribution in [2.24, 2.45) is 0 Å². The van der Waals surface area contributed by atoms with Crippen LogP contribution >= 0.6 is 0 Å². The maximum atomic E-state index is 13.6. The number of amides is 3. The minimum absolute atomic E-state index is 0.118. The lowest BCUT2D eigenvalue weighted by atomic mass is 9.95. The van der Waals surface area contributed by atoms with E-state index in [-0.39, 0.29) is 11.9 Å². The molecule has 0 heterocycles. The van der Waals surface area contributed by atoms with E-state index in [1.165, 1.54) is 139 Å². The zero-order valence-electron chi connectivity index (χ0n) is 36.0. The largest absolute Gasteiger partial charge is 0.338 e. The van der Waals surface area contributed by atoms with Crippen LogP contribution in [-0.2, 0) is 4.79 Å². The summed E-state index contributed by atoms with van der Waals surface area (Å²) in [5.74, 6) is -0.118. The zero-order valence-corrected chi connectivity index (χ0v) is 36.0. The van der Waals surface area contributed by atoms with Gasteiger partial charge in [-0.05, 0) is 131 Å². The molecule has 5 nitrogen and oxygen atoms in total. The average Bonchev–Trinajstić information content (AvgIpc) is 3.15. The van der Waals surface area contributed by atoms with Crippen molar-refractivity contribution in [1.29, 1.82) is 0 Å². The Bertz CT molecular complexity index is 956. The second-order valence-electron chi connectivity index (χ2n) is 15.3. The van der Waals surface area contributed by atoms with Crippen LogP contribution in [0.1, 0.15) is 201 Å². The van der Waals surface area contributed by atoms with E-state index in [9.17, 15) is 9.59 Å². The van der Waals surface area contributed by atoms with Crippen molar-refractivity contribution in [3.8, 4) is 0 Å². The third kappa shape index (κ3) is 32.7. The van der Waals surface area contributed by atoms with Gasteiger partial charge in [-0.25, -0.2) is 4.79 Å². The summed E-state index contributed by atoms with van der Waals surface area (Å²) >= 11 is 0. The van der Waals surface area contributed by atoms with Crippen LogP contribution < -0.4 is 5.32 Å². The van der Waals surface area contributed by atoms with Crippen LogP contribution in [0.3, 0.4) is 0 Å². The van der Waals surface area contributed by atoms with Gasteiger partial charge in [-0.15, -0.1) is 0 Å². The molecule has 0 aliphatic heterocycles. The maximum Gasteiger partial charge on any atom is 0.324 e. The number of hydrogen-bond donors (Lipinski definition) is 1. The summed E-state index contributed by atoms with van der Waals surface area (Å²) < 4.78 is 0. The van der Waals surface area contributed by atoms with Gasteiger partial charge in [0.1, 0.15) is 0 Å². The Kier molecular flexibility index (Phi) is 37.5. The second-order valence-corrected chi connectivity index (χ2v) is 15.3. The van der Waals surface area contributed by atoms with E-state index >= 15 is 0 Å². The SMILES string of the molecule is CCCCC/C=C\C/C=C\CCCCCCCCC(CCCCCCCC/C=C\C/C=C\CCCCC)=C(C)C(=O)N(CC)C(=O)NCCCN(C)C. The van der Waals surface area contributed by atoms with Crippen molar-refractivity contribution in [3.63, 3.8) is 0 Å². The van der Waals surface area contributed by atoms with Crippen LogP contribution in [0.4, 0.5) is 4.79 Å². The second kappa shape index (κ2) is 39.3. The van der Waals surface area contributed by atoms with E-state index in [0.29, 0.717) is 13.1 Å². The molecule has 0 saturated carbocycles. The van der Waals surface area contributed by atoms with Crippen molar-refractivity contribution in [3.05, 3.63) is 59.8 Å². The van der Waals surface area contributed by atoms with Crippen LogP contribution in [0.25, 0.3) is 0 Å². The number of nitrogens with one attached hydrogen (secondary N) is 1. The molecular weight excluding hydrogens is 651 g/mol. The van der Waals surface area contributed by atoms with Gasteiger partial charge < -0.3 is 10.2 Å². The summed E-state index contributed by atoms with van der Waals surface area (Å²) in [4.78, 5) is 30.1. The Morgan fingerprint density at radius 3 is 1.30 bits per heavy atom. The van der Waals surface area contributed by atoms with Crippen LogP contribution in [0.2, 0.25) is 0 Å². The predicted octanol–water partition coefficient (Wildman–Crippen LogP) is 14.2. The number of unbranched alkanes of at least 4 members (excludes halogenated alkanes) is 18. The van der Waals surface area contributed by atoms with Crippen molar-refractivity contribution >= 4 is 11.9 Å². The van der Waals surface area contributed by atoms with Crippen LogP contribution in [0.15, 0.2) is 59.8 Å². The van der Waals surface area contributed by atoms with Crippen molar-refractivity contribution < 1.29 is 9.59 Å². The number of rotatable bonds is 36. The molecule has 0 unspecified atom stereocenters. The molecule has 0 bridgehead atoms. The Hall–Kier alpha value is -2.40. The molecule has 0 spiro atoms. The normalized spacial score (nSPS) is 12.0. The number of carbonyl (C=O) groups excluding carboxylic acids is 2. The van der Waals surface area contributed by atoms with Gasteiger partial charge in [0, 0.05) is 18.7 Å². The molecule has 0 atom stereocenters. The van der Waals surface area contributed by atoms with Gasteiger partial charge in [-0.1, -0.05) is 145 Å². The number of allylic oxidation sites excluding steroid dienone is 9. The van der Waals surface area contributed by atoms with Gasteiger partial charge in [0.25, 0.3) is 5.91 Å². The summed E-state index contributed by atoms with van der Waals surface area (Å²) in [6.45, 7) is 10.2. The summed E-state index contributed by atoms with van der Waals surface area (Å²) in [5.41, 5.74) is 2.06. The maximum absolute atomic E-state index is 13.6. The molecule has 0 rings (SSSR count). The standard InChI is InChI=1S/C48H87N3O2/c1-7-10-12-14-16-18-20-22-24-26-28-30-32-34-36-38-41-46(45(4)47(52)51(9-3)48(53)49-43-40-44-50(5)6)42-39-37-35-33-31-29-27-25-23-21-19-17-15-13-11-8-2/h16-19,22-25H,7-15,20-21,26-44H2,1-6H3,(H,49,53)/b18-16-,19-17-,24-22-,25-23-. The molecule has 306 valence electrons.